The van der Waals surface area contributed by atoms with E-state index in [1.807, 2.05) is 26.8 Å². The van der Waals surface area contributed by atoms with Gasteiger partial charge >= 0.3 is 0 Å². The van der Waals surface area contributed by atoms with Crippen molar-refractivity contribution in [1.29, 1.82) is 0 Å². The molecule has 4 heteroatoms. The van der Waals surface area contributed by atoms with Crippen molar-refractivity contribution in [3.8, 4) is 0 Å². The van der Waals surface area contributed by atoms with Gasteiger partial charge in [-0.1, -0.05) is 16.4 Å². The van der Waals surface area contributed by atoms with E-state index < -0.39 is 0 Å². The van der Waals surface area contributed by atoms with Gasteiger partial charge in [-0.3, -0.25) is 0 Å². The maximum absolute atomic E-state index is 10.3. The van der Waals surface area contributed by atoms with Crippen molar-refractivity contribution in [2.75, 3.05) is 0 Å². The first kappa shape index (κ1) is 11.5. The summed E-state index contributed by atoms with van der Waals surface area (Å²) >= 11 is 0. The van der Waals surface area contributed by atoms with Crippen molar-refractivity contribution in [3.05, 3.63) is 43.7 Å². The van der Waals surface area contributed by atoms with Crippen molar-refractivity contribution in [2.24, 2.45) is 10.4 Å². The lowest BCUT2D eigenvalue weighted by atomic mass is 9.94. The van der Waals surface area contributed by atoms with Crippen molar-refractivity contribution in [3.63, 3.8) is 0 Å². The lowest BCUT2D eigenvalue weighted by Crippen LogP contribution is -1.99. The van der Waals surface area contributed by atoms with Crippen molar-refractivity contribution < 1.29 is 0 Å². The molecule has 80 valence electrons. The molecule has 0 aromatic heterocycles. The Morgan fingerprint density at radius 1 is 1.00 bits per heavy atom. The molecule has 0 spiro atoms. The van der Waals surface area contributed by atoms with Crippen LogP contribution in [0, 0.1) is 30.6 Å². The zero-order chi connectivity index (χ0) is 11.4. The van der Waals surface area contributed by atoms with Gasteiger partial charge < -0.3 is 0 Å². The summed E-state index contributed by atoms with van der Waals surface area (Å²) in [6.07, 6.45) is 0. The third kappa shape index (κ3) is 2.26. The summed E-state index contributed by atoms with van der Waals surface area (Å²) in [5.74, 6) is 0. The number of benzene rings is 1. The molecule has 1 aromatic rings. The molecule has 1 rings (SSSR count). The molecule has 1 aromatic carbocycles. The number of hydrogen-bond donors (Lipinski definition) is 0. The molecular formula is C11H14N2O2. The first-order valence-electron chi connectivity index (χ1n) is 4.78. The molecule has 0 amide bonds. The summed E-state index contributed by atoms with van der Waals surface area (Å²) in [6, 6.07) is 1.91. The van der Waals surface area contributed by atoms with Crippen LogP contribution in [0.4, 0.5) is 0 Å². The molecule has 0 aliphatic rings. The van der Waals surface area contributed by atoms with E-state index in [9.17, 15) is 9.81 Å². The predicted octanol–water partition coefficient (Wildman–Crippen LogP) is 3.14. The largest absolute Gasteiger partial charge is 0.150 e. The average molecular weight is 206 g/mol. The first-order valence-corrected chi connectivity index (χ1v) is 4.78. The highest BCUT2D eigenvalue weighted by molar-refractivity contribution is 5.44. The van der Waals surface area contributed by atoms with E-state index >= 15 is 0 Å². The van der Waals surface area contributed by atoms with Gasteiger partial charge in [-0.15, -0.1) is 0 Å². The Kier molecular flexibility index (Phi) is 3.66. The number of hydrogen-bond acceptors (Lipinski definition) is 4. The summed E-state index contributed by atoms with van der Waals surface area (Å²) in [5, 5.41) is 5.80. The van der Waals surface area contributed by atoms with E-state index in [4.69, 9.17) is 0 Å². The molecule has 0 saturated carbocycles. The summed E-state index contributed by atoms with van der Waals surface area (Å²) in [7, 11) is 0. The van der Waals surface area contributed by atoms with Crippen LogP contribution in [-0.2, 0) is 13.1 Å². The Bertz CT molecular complexity index is 400. The maximum atomic E-state index is 10.3. The highest BCUT2D eigenvalue weighted by Gasteiger charge is 2.10. The highest BCUT2D eigenvalue weighted by Crippen LogP contribution is 2.23. The van der Waals surface area contributed by atoms with E-state index in [1.165, 1.54) is 0 Å². The summed E-state index contributed by atoms with van der Waals surface area (Å²) in [4.78, 5) is 20.5. The quantitative estimate of drug-likeness (QED) is 0.710. The summed E-state index contributed by atoms with van der Waals surface area (Å²) in [6.45, 7) is 6.16. The van der Waals surface area contributed by atoms with Crippen molar-refractivity contribution in [1.82, 2.24) is 0 Å². The lowest BCUT2D eigenvalue weighted by molar-refractivity contribution is 0.969. The maximum Gasteiger partial charge on any atom is 0.107 e. The van der Waals surface area contributed by atoms with Crippen LogP contribution < -0.4 is 0 Å². The fourth-order valence-electron chi connectivity index (χ4n) is 1.76. The zero-order valence-electron chi connectivity index (χ0n) is 9.20. The molecule has 4 nitrogen and oxygen atoms in total. The number of nitroso groups, excluding NO2 is 2. The van der Waals surface area contributed by atoms with Crippen LogP contribution in [0.25, 0.3) is 0 Å². The van der Waals surface area contributed by atoms with Crippen LogP contribution in [0.3, 0.4) is 0 Å². The van der Waals surface area contributed by atoms with Gasteiger partial charge in [0.25, 0.3) is 0 Å². The fourth-order valence-corrected chi connectivity index (χ4v) is 1.76. The van der Waals surface area contributed by atoms with Crippen LogP contribution in [0.5, 0.6) is 0 Å². The van der Waals surface area contributed by atoms with Gasteiger partial charge in [0.15, 0.2) is 0 Å². The molecule has 0 aliphatic heterocycles. The van der Waals surface area contributed by atoms with Crippen LogP contribution in [-0.4, -0.2) is 0 Å². The average Bonchev–Trinajstić information content (AvgIpc) is 2.21. The van der Waals surface area contributed by atoms with Gasteiger partial charge in [0.2, 0.25) is 0 Å². The molecule has 0 heterocycles. The third-order valence-electron chi connectivity index (χ3n) is 2.82. The number of nitrogens with zero attached hydrogens (tertiary/aromatic N) is 2. The molecule has 0 atom stereocenters. The Labute approximate surface area is 88.6 Å². The molecule has 0 aliphatic carbocycles. The number of aryl methyl sites for hydroxylation is 1. The fraction of sp³-hybridized carbons (Fsp3) is 0.455. The number of rotatable bonds is 4. The van der Waals surface area contributed by atoms with Crippen molar-refractivity contribution in [2.45, 2.75) is 33.9 Å². The monoisotopic (exact) mass is 206 g/mol. The molecule has 0 saturated heterocycles. The normalized spacial score (nSPS) is 10.1. The summed E-state index contributed by atoms with van der Waals surface area (Å²) in [5.41, 5.74) is 4.94. The Hall–Kier alpha value is -1.58. The Morgan fingerprint density at radius 2 is 1.60 bits per heavy atom. The standard InChI is InChI=1S/C11H14N2O2/c1-7-4-10(5-12-14)8(2)9(3)11(7)6-13-15/h4H,5-6H2,1-3H3. The van der Waals surface area contributed by atoms with E-state index in [2.05, 4.69) is 10.4 Å². The van der Waals surface area contributed by atoms with E-state index in [1.54, 1.807) is 0 Å². The van der Waals surface area contributed by atoms with E-state index in [0.29, 0.717) is 0 Å². The molecule has 0 radical (unpaired) electrons. The van der Waals surface area contributed by atoms with E-state index in [0.717, 1.165) is 27.8 Å². The topological polar surface area (TPSA) is 58.9 Å². The van der Waals surface area contributed by atoms with E-state index in [-0.39, 0.29) is 13.1 Å². The van der Waals surface area contributed by atoms with Crippen LogP contribution in [0.15, 0.2) is 16.4 Å². The zero-order valence-corrected chi connectivity index (χ0v) is 9.20. The SMILES string of the molecule is Cc1cc(CN=O)c(C)c(C)c1CN=O. The minimum absolute atomic E-state index is 0.183. The highest BCUT2D eigenvalue weighted by atomic mass is 16.3. The second-order valence-electron chi connectivity index (χ2n) is 3.66. The smallest absolute Gasteiger partial charge is 0.107 e. The van der Waals surface area contributed by atoms with Gasteiger partial charge in [0.1, 0.15) is 13.1 Å². The minimum atomic E-state index is 0.183. The molecule has 0 N–H and O–H groups in total. The minimum Gasteiger partial charge on any atom is -0.150 e. The predicted molar refractivity (Wildman–Crippen MR) is 59.7 cm³/mol. The Morgan fingerprint density at radius 3 is 2.13 bits per heavy atom. The van der Waals surface area contributed by atoms with Gasteiger partial charge in [-0.25, -0.2) is 0 Å². The summed E-state index contributed by atoms with van der Waals surface area (Å²) < 4.78 is 0. The molecule has 0 fully saturated rings. The van der Waals surface area contributed by atoms with Crippen LogP contribution in [0.2, 0.25) is 0 Å². The molecule has 15 heavy (non-hydrogen) atoms. The van der Waals surface area contributed by atoms with Gasteiger partial charge in [0, 0.05) is 0 Å². The lowest BCUT2D eigenvalue weighted by Gasteiger charge is -2.13. The van der Waals surface area contributed by atoms with Crippen LogP contribution >= 0.6 is 0 Å². The Balaban J connectivity index is 3.29. The molecule has 0 bridgehead atoms. The van der Waals surface area contributed by atoms with Crippen molar-refractivity contribution >= 4 is 0 Å². The third-order valence-corrected chi connectivity index (χ3v) is 2.82. The molecule has 0 unspecified atom stereocenters. The molecular weight excluding hydrogens is 192 g/mol. The van der Waals surface area contributed by atoms with Gasteiger partial charge in [-0.2, -0.15) is 9.81 Å². The van der Waals surface area contributed by atoms with Gasteiger partial charge in [0.05, 0.1) is 0 Å². The van der Waals surface area contributed by atoms with Crippen LogP contribution in [0.1, 0.15) is 27.8 Å². The second-order valence-corrected chi connectivity index (χ2v) is 3.66. The first-order chi connectivity index (χ1) is 7.11. The second kappa shape index (κ2) is 4.77. The van der Waals surface area contributed by atoms with Gasteiger partial charge in [-0.05, 0) is 48.6 Å².